The van der Waals surface area contributed by atoms with Gasteiger partial charge in [-0.25, -0.2) is 9.97 Å². The molecule has 4 heteroatoms. The lowest BCUT2D eigenvalue weighted by Gasteiger charge is -2.19. The van der Waals surface area contributed by atoms with Gasteiger partial charge in [0.25, 0.3) is 0 Å². The molecule has 14 heavy (non-hydrogen) atoms. The number of aldehydes is 1. The van der Waals surface area contributed by atoms with E-state index >= 15 is 0 Å². The molecule has 1 rings (SSSR count). The zero-order valence-corrected chi connectivity index (χ0v) is 8.82. The topological polar surface area (TPSA) is 46.1 Å². The molecular weight excluding hydrogens is 178 g/mol. The molecule has 4 nitrogen and oxygen atoms in total. The van der Waals surface area contributed by atoms with Gasteiger partial charge in [0.15, 0.2) is 6.29 Å². The molecule has 0 aliphatic heterocycles. The maximum atomic E-state index is 10.6. The van der Waals surface area contributed by atoms with Gasteiger partial charge in [0.05, 0.1) is 0 Å². The van der Waals surface area contributed by atoms with Crippen molar-refractivity contribution in [2.24, 2.45) is 0 Å². The minimum Gasteiger partial charge on any atom is -0.357 e. The van der Waals surface area contributed by atoms with Gasteiger partial charge in [-0.15, -0.1) is 0 Å². The zero-order chi connectivity index (χ0) is 10.6. The number of anilines is 1. The second kappa shape index (κ2) is 4.69. The molecule has 0 unspecified atom stereocenters. The summed E-state index contributed by atoms with van der Waals surface area (Å²) in [7, 11) is 0. The fourth-order valence-electron chi connectivity index (χ4n) is 1.34. The van der Waals surface area contributed by atoms with Crippen LogP contribution in [0.5, 0.6) is 0 Å². The van der Waals surface area contributed by atoms with Gasteiger partial charge in [-0.05, 0) is 20.8 Å². The molecule has 0 amide bonds. The third-order valence-corrected chi connectivity index (χ3v) is 2.05. The van der Waals surface area contributed by atoms with Crippen molar-refractivity contribution < 1.29 is 4.79 Å². The Bertz CT molecular complexity index is 321. The zero-order valence-electron chi connectivity index (χ0n) is 8.82. The SMILES string of the molecule is CCN(CC)c1cc(C=O)nc(C)n1. The van der Waals surface area contributed by atoms with E-state index in [-0.39, 0.29) is 0 Å². The monoisotopic (exact) mass is 193 g/mol. The van der Waals surface area contributed by atoms with E-state index in [1.165, 1.54) is 0 Å². The molecule has 0 aliphatic rings. The lowest BCUT2D eigenvalue weighted by atomic mass is 10.3. The Morgan fingerprint density at radius 2 is 2.00 bits per heavy atom. The highest BCUT2D eigenvalue weighted by molar-refractivity contribution is 5.73. The molecule has 0 N–H and O–H groups in total. The van der Waals surface area contributed by atoms with Crippen LogP contribution in [0.4, 0.5) is 5.82 Å². The minimum atomic E-state index is 0.444. The van der Waals surface area contributed by atoms with E-state index in [0.717, 1.165) is 25.2 Å². The van der Waals surface area contributed by atoms with Gasteiger partial charge in [0.1, 0.15) is 17.3 Å². The van der Waals surface area contributed by atoms with Crippen LogP contribution in [0.3, 0.4) is 0 Å². The maximum Gasteiger partial charge on any atom is 0.168 e. The predicted molar refractivity (Wildman–Crippen MR) is 55.7 cm³/mol. The van der Waals surface area contributed by atoms with Crippen LogP contribution in [0.2, 0.25) is 0 Å². The summed E-state index contributed by atoms with van der Waals surface area (Å²) >= 11 is 0. The van der Waals surface area contributed by atoms with Gasteiger partial charge in [-0.2, -0.15) is 0 Å². The van der Waals surface area contributed by atoms with Crippen molar-refractivity contribution in [1.29, 1.82) is 0 Å². The van der Waals surface area contributed by atoms with Crippen molar-refractivity contribution in [3.05, 3.63) is 17.6 Å². The first-order chi connectivity index (χ1) is 6.71. The Morgan fingerprint density at radius 1 is 1.36 bits per heavy atom. The second-order valence-electron chi connectivity index (χ2n) is 2.99. The number of nitrogens with zero attached hydrogens (tertiary/aromatic N) is 3. The van der Waals surface area contributed by atoms with E-state index in [4.69, 9.17) is 0 Å². The Labute approximate surface area is 84.0 Å². The average molecular weight is 193 g/mol. The van der Waals surface area contributed by atoms with Gasteiger partial charge in [-0.1, -0.05) is 0 Å². The Morgan fingerprint density at radius 3 is 2.50 bits per heavy atom. The third-order valence-electron chi connectivity index (χ3n) is 2.05. The summed E-state index contributed by atoms with van der Waals surface area (Å²) in [6.07, 6.45) is 0.752. The molecule has 76 valence electrons. The van der Waals surface area contributed by atoms with Crippen LogP contribution >= 0.6 is 0 Å². The number of aromatic nitrogens is 2. The average Bonchev–Trinajstić information content (AvgIpc) is 2.19. The standard InChI is InChI=1S/C10H15N3O/c1-4-13(5-2)10-6-9(7-14)11-8(3)12-10/h6-7H,4-5H2,1-3H3. The maximum absolute atomic E-state index is 10.6. The van der Waals surface area contributed by atoms with E-state index in [2.05, 4.69) is 28.7 Å². The van der Waals surface area contributed by atoms with E-state index in [1.54, 1.807) is 13.0 Å². The highest BCUT2D eigenvalue weighted by atomic mass is 16.1. The molecule has 0 spiro atoms. The highest BCUT2D eigenvalue weighted by Crippen LogP contribution is 2.10. The first-order valence-electron chi connectivity index (χ1n) is 4.77. The van der Waals surface area contributed by atoms with Gasteiger partial charge in [0.2, 0.25) is 0 Å². The van der Waals surface area contributed by atoms with Gasteiger partial charge in [0, 0.05) is 19.2 Å². The largest absolute Gasteiger partial charge is 0.357 e. The van der Waals surface area contributed by atoms with E-state index in [9.17, 15) is 4.79 Å². The molecular formula is C10H15N3O. The van der Waals surface area contributed by atoms with Crippen LogP contribution in [-0.2, 0) is 0 Å². The summed E-state index contributed by atoms with van der Waals surface area (Å²) in [6.45, 7) is 7.67. The Balaban J connectivity index is 3.07. The fraction of sp³-hybridized carbons (Fsp3) is 0.500. The lowest BCUT2D eigenvalue weighted by Crippen LogP contribution is -2.23. The molecule has 1 aromatic heterocycles. The molecule has 1 aromatic rings. The normalized spacial score (nSPS) is 9.93. The molecule has 0 atom stereocenters. The van der Waals surface area contributed by atoms with Crippen molar-refractivity contribution >= 4 is 12.1 Å². The predicted octanol–water partition coefficient (Wildman–Crippen LogP) is 1.44. The molecule has 0 saturated heterocycles. The van der Waals surface area contributed by atoms with Crippen LogP contribution in [0, 0.1) is 6.92 Å². The van der Waals surface area contributed by atoms with Crippen LogP contribution in [0.15, 0.2) is 6.07 Å². The number of carbonyl (C=O) groups is 1. The van der Waals surface area contributed by atoms with E-state index in [0.29, 0.717) is 11.5 Å². The minimum absolute atomic E-state index is 0.444. The summed E-state index contributed by atoms with van der Waals surface area (Å²) in [5.74, 6) is 1.46. The number of aryl methyl sites for hydroxylation is 1. The number of carbonyl (C=O) groups excluding carboxylic acids is 1. The van der Waals surface area contributed by atoms with Crippen molar-refractivity contribution in [3.63, 3.8) is 0 Å². The summed E-state index contributed by atoms with van der Waals surface area (Å²) in [5, 5.41) is 0. The Kier molecular flexibility index (Phi) is 3.56. The molecule has 0 aliphatic carbocycles. The third kappa shape index (κ3) is 2.28. The summed E-state index contributed by atoms with van der Waals surface area (Å²) in [4.78, 5) is 21.0. The number of hydrogen-bond donors (Lipinski definition) is 0. The van der Waals surface area contributed by atoms with Crippen LogP contribution < -0.4 is 4.90 Å². The molecule has 0 saturated carbocycles. The smallest absolute Gasteiger partial charge is 0.168 e. The van der Waals surface area contributed by atoms with E-state index in [1.807, 2.05) is 0 Å². The molecule has 0 fully saturated rings. The fourth-order valence-corrected chi connectivity index (χ4v) is 1.34. The summed E-state index contributed by atoms with van der Waals surface area (Å²) < 4.78 is 0. The van der Waals surface area contributed by atoms with Crippen molar-refractivity contribution in [2.75, 3.05) is 18.0 Å². The molecule has 0 aromatic carbocycles. The number of hydrogen-bond acceptors (Lipinski definition) is 4. The lowest BCUT2D eigenvalue weighted by molar-refractivity contribution is 0.111. The van der Waals surface area contributed by atoms with Crippen molar-refractivity contribution in [3.8, 4) is 0 Å². The van der Waals surface area contributed by atoms with Crippen LogP contribution in [-0.4, -0.2) is 29.3 Å². The van der Waals surface area contributed by atoms with Gasteiger partial charge < -0.3 is 4.90 Å². The van der Waals surface area contributed by atoms with Crippen molar-refractivity contribution in [1.82, 2.24) is 9.97 Å². The van der Waals surface area contributed by atoms with Gasteiger partial charge >= 0.3 is 0 Å². The molecule has 1 heterocycles. The molecule has 0 bridgehead atoms. The van der Waals surface area contributed by atoms with Crippen LogP contribution in [0.25, 0.3) is 0 Å². The first-order valence-corrected chi connectivity index (χ1v) is 4.77. The molecule has 0 radical (unpaired) electrons. The Hall–Kier alpha value is -1.45. The van der Waals surface area contributed by atoms with Crippen LogP contribution in [0.1, 0.15) is 30.2 Å². The van der Waals surface area contributed by atoms with Gasteiger partial charge in [-0.3, -0.25) is 4.79 Å². The quantitative estimate of drug-likeness (QED) is 0.679. The summed E-state index contributed by atoms with van der Waals surface area (Å²) in [6, 6.07) is 1.72. The summed E-state index contributed by atoms with van der Waals surface area (Å²) in [5.41, 5.74) is 0.444. The highest BCUT2D eigenvalue weighted by Gasteiger charge is 2.06. The second-order valence-corrected chi connectivity index (χ2v) is 2.99. The van der Waals surface area contributed by atoms with Crippen molar-refractivity contribution in [2.45, 2.75) is 20.8 Å². The number of rotatable bonds is 4. The first kappa shape index (κ1) is 10.6. The van der Waals surface area contributed by atoms with E-state index < -0.39 is 0 Å².